The highest BCUT2D eigenvalue weighted by Gasteiger charge is 2.14. The number of ether oxygens (including phenoxy) is 2. The zero-order valence-electron chi connectivity index (χ0n) is 9.93. The van der Waals surface area contributed by atoms with Gasteiger partial charge in [-0.05, 0) is 26.8 Å². The molecular formula is C11H15NO5. The summed E-state index contributed by atoms with van der Waals surface area (Å²) in [6.07, 6.45) is -1.39. The molecule has 0 fully saturated rings. The molecule has 0 aromatic carbocycles. The number of aliphatic hydroxyl groups is 1. The highest BCUT2D eigenvalue weighted by molar-refractivity contribution is 5.61. The largest absolute Gasteiger partial charge is 0.511 e. The molecule has 0 radical (unpaired) electrons. The topological polar surface area (TPSA) is 88.9 Å². The van der Waals surface area contributed by atoms with Gasteiger partial charge in [0.15, 0.2) is 5.75 Å². The minimum atomic E-state index is -1.39. The third kappa shape index (κ3) is 4.69. The lowest BCUT2D eigenvalue weighted by molar-refractivity contribution is 0.0267. The van der Waals surface area contributed by atoms with Crippen LogP contribution >= 0.6 is 0 Å². The number of nitrogens with zero attached hydrogens (tertiary/aromatic N) is 1. The van der Waals surface area contributed by atoms with E-state index < -0.39 is 11.8 Å². The first kappa shape index (κ1) is 13.2. The van der Waals surface area contributed by atoms with Gasteiger partial charge in [-0.1, -0.05) is 0 Å². The zero-order chi connectivity index (χ0) is 13.1. The average molecular weight is 241 g/mol. The Balaban J connectivity index is 2.72. The van der Waals surface area contributed by atoms with Crippen LogP contribution in [0, 0.1) is 6.92 Å². The summed E-state index contributed by atoms with van der Waals surface area (Å²) >= 11 is 0. The Bertz CT molecular complexity index is 411. The van der Waals surface area contributed by atoms with Gasteiger partial charge in [0.2, 0.25) is 5.88 Å². The molecule has 0 saturated heterocycles. The maximum absolute atomic E-state index is 10.3. The number of hydrogen-bond donors (Lipinski definition) is 2. The van der Waals surface area contributed by atoms with Crippen molar-refractivity contribution in [1.29, 1.82) is 0 Å². The summed E-state index contributed by atoms with van der Waals surface area (Å²) in [5, 5.41) is 17.9. The van der Waals surface area contributed by atoms with Crippen molar-refractivity contribution >= 4 is 6.16 Å². The minimum Gasteiger partial charge on any atom is -0.475 e. The van der Waals surface area contributed by atoms with Crippen LogP contribution in [-0.2, 0) is 0 Å². The molecule has 0 aliphatic rings. The summed E-state index contributed by atoms with van der Waals surface area (Å²) in [5.41, 5.74) is -0.549. The monoisotopic (exact) mass is 241 g/mol. The van der Waals surface area contributed by atoms with Gasteiger partial charge in [0, 0.05) is 6.07 Å². The van der Waals surface area contributed by atoms with Gasteiger partial charge in [0.05, 0.1) is 11.3 Å². The van der Waals surface area contributed by atoms with Crippen molar-refractivity contribution in [2.24, 2.45) is 0 Å². The van der Waals surface area contributed by atoms with E-state index in [0.717, 1.165) is 0 Å². The van der Waals surface area contributed by atoms with Crippen molar-refractivity contribution in [3.63, 3.8) is 0 Å². The van der Waals surface area contributed by atoms with Crippen LogP contribution in [0.5, 0.6) is 11.6 Å². The Morgan fingerprint density at radius 3 is 2.59 bits per heavy atom. The molecule has 1 aromatic rings. The van der Waals surface area contributed by atoms with Crippen molar-refractivity contribution in [3.05, 3.63) is 17.8 Å². The van der Waals surface area contributed by atoms with Crippen LogP contribution in [0.4, 0.5) is 4.79 Å². The fourth-order valence-corrected chi connectivity index (χ4v) is 1.06. The molecule has 0 atom stereocenters. The van der Waals surface area contributed by atoms with Crippen LogP contribution < -0.4 is 9.47 Å². The van der Waals surface area contributed by atoms with Gasteiger partial charge in [-0.2, -0.15) is 0 Å². The van der Waals surface area contributed by atoms with E-state index in [1.165, 1.54) is 12.1 Å². The quantitative estimate of drug-likeness (QED) is 0.778. The Hall–Kier alpha value is -1.82. The summed E-state index contributed by atoms with van der Waals surface area (Å²) in [7, 11) is 0. The fourth-order valence-electron chi connectivity index (χ4n) is 1.06. The molecular weight excluding hydrogens is 226 g/mol. The number of carboxylic acid groups (broad SMARTS) is 1. The van der Waals surface area contributed by atoms with Gasteiger partial charge >= 0.3 is 6.16 Å². The Labute approximate surface area is 98.8 Å². The third-order valence-electron chi connectivity index (χ3n) is 1.78. The molecule has 0 unspecified atom stereocenters. The van der Waals surface area contributed by atoms with Crippen molar-refractivity contribution < 1.29 is 24.5 Å². The second-order valence-electron chi connectivity index (χ2n) is 4.20. The van der Waals surface area contributed by atoms with Crippen molar-refractivity contribution in [2.75, 3.05) is 6.61 Å². The lowest BCUT2D eigenvalue weighted by atomic mass is 10.2. The molecule has 0 aliphatic heterocycles. The van der Waals surface area contributed by atoms with E-state index in [4.69, 9.17) is 9.84 Å². The molecule has 0 aliphatic carbocycles. The van der Waals surface area contributed by atoms with Crippen LogP contribution in [0.25, 0.3) is 0 Å². The van der Waals surface area contributed by atoms with Crippen LogP contribution in [0.15, 0.2) is 12.1 Å². The van der Waals surface area contributed by atoms with Crippen LogP contribution in [0.3, 0.4) is 0 Å². The van der Waals surface area contributed by atoms with E-state index in [1.54, 1.807) is 20.8 Å². The molecule has 6 heteroatoms. The van der Waals surface area contributed by atoms with Crippen molar-refractivity contribution in [3.8, 4) is 11.6 Å². The molecule has 0 spiro atoms. The van der Waals surface area contributed by atoms with Gasteiger partial charge in [0.25, 0.3) is 0 Å². The maximum Gasteiger partial charge on any atom is 0.511 e. The molecule has 0 saturated carbocycles. The lowest BCUT2D eigenvalue weighted by Gasteiger charge is -2.17. The highest BCUT2D eigenvalue weighted by atomic mass is 16.7. The second kappa shape index (κ2) is 5.01. The molecule has 1 rings (SSSR count). The predicted octanol–water partition coefficient (Wildman–Crippen LogP) is 1.60. The molecule has 1 aromatic heterocycles. The normalized spacial score (nSPS) is 11.1. The number of hydrogen-bond acceptors (Lipinski definition) is 5. The molecule has 6 nitrogen and oxygen atoms in total. The third-order valence-corrected chi connectivity index (χ3v) is 1.78. The first-order chi connectivity index (χ1) is 7.78. The predicted molar refractivity (Wildman–Crippen MR) is 59.4 cm³/mol. The lowest BCUT2D eigenvalue weighted by Crippen LogP contribution is -2.28. The molecule has 2 N–H and O–H groups in total. The van der Waals surface area contributed by atoms with Gasteiger partial charge < -0.3 is 19.7 Å². The second-order valence-corrected chi connectivity index (χ2v) is 4.20. The summed E-state index contributed by atoms with van der Waals surface area (Å²) in [6, 6.07) is 2.94. The van der Waals surface area contributed by atoms with Gasteiger partial charge in [-0.15, -0.1) is 0 Å². The van der Waals surface area contributed by atoms with E-state index in [1.807, 2.05) is 0 Å². The SMILES string of the molecule is Cc1nc(OCC(C)(C)O)ccc1OC(=O)O. The minimum absolute atomic E-state index is 0.0958. The first-order valence-electron chi connectivity index (χ1n) is 5.01. The summed E-state index contributed by atoms with van der Waals surface area (Å²) in [5.74, 6) is 0.468. The van der Waals surface area contributed by atoms with Gasteiger partial charge in [0.1, 0.15) is 6.61 Å². The smallest absolute Gasteiger partial charge is 0.475 e. The zero-order valence-corrected chi connectivity index (χ0v) is 9.93. The summed E-state index contributed by atoms with van der Waals surface area (Å²) in [4.78, 5) is 14.4. The molecule has 94 valence electrons. The van der Waals surface area contributed by atoms with Crippen molar-refractivity contribution in [1.82, 2.24) is 4.98 Å². The van der Waals surface area contributed by atoms with E-state index in [9.17, 15) is 9.90 Å². The van der Waals surface area contributed by atoms with E-state index in [-0.39, 0.29) is 12.4 Å². The molecule has 0 amide bonds. The Kier molecular flexibility index (Phi) is 3.90. The highest BCUT2D eigenvalue weighted by Crippen LogP contribution is 2.20. The van der Waals surface area contributed by atoms with Crippen molar-refractivity contribution in [2.45, 2.75) is 26.4 Å². The average Bonchev–Trinajstić information content (AvgIpc) is 2.17. The van der Waals surface area contributed by atoms with E-state index in [0.29, 0.717) is 11.6 Å². The van der Waals surface area contributed by atoms with Crippen LogP contribution in [0.1, 0.15) is 19.5 Å². The number of aryl methyl sites for hydroxylation is 1. The Morgan fingerprint density at radius 2 is 2.12 bits per heavy atom. The van der Waals surface area contributed by atoms with Gasteiger partial charge in [-0.25, -0.2) is 9.78 Å². The number of pyridine rings is 1. The summed E-state index contributed by atoms with van der Waals surface area (Å²) in [6.45, 7) is 4.93. The first-order valence-corrected chi connectivity index (χ1v) is 5.01. The Morgan fingerprint density at radius 1 is 1.47 bits per heavy atom. The van der Waals surface area contributed by atoms with E-state index in [2.05, 4.69) is 9.72 Å². The fraction of sp³-hybridized carbons (Fsp3) is 0.455. The molecule has 1 heterocycles. The molecule has 0 bridgehead atoms. The maximum atomic E-state index is 10.3. The number of carbonyl (C=O) groups is 1. The van der Waals surface area contributed by atoms with Crippen LogP contribution in [-0.4, -0.2) is 33.6 Å². The van der Waals surface area contributed by atoms with E-state index >= 15 is 0 Å². The number of rotatable bonds is 4. The summed E-state index contributed by atoms with van der Waals surface area (Å²) < 4.78 is 9.74. The molecule has 17 heavy (non-hydrogen) atoms. The van der Waals surface area contributed by atoms with Crippen LogP contribution in [0.2, 0.25) is 0 Å². The van der Waals surface area contributed by atoms with Gasteiger partial charge in [-0.3, -0.25) is 0 Å². The standard InChI is InChI=1S/C11H15NO5/c1-7-8(17-10(13)14)4-5-9(12-7)16-6-11(2,3)15/h4-5,15H,6H2,1-3H3,(H,13,14). The number of aromatic nitrogens is 1.